The van der Waals surface area contributed by atoms with Crippen LogP contribution in [0.4, 0.5) is 0 Å². The minimum Gasteiger partial charge on any atom is -0.391 e. The van der Waals surface area contributed by atoms with Gasteiger partial charge >= 0.3 is 0 Å². The zero-order chi connectivity index (χ0) is 22.5. The van der Waals surface area contributed by atoms with Crippen LogP contribution in [0.1, 0.15) is 44.2 Å². The standard InChI is InChI=1S/C25H31N3O4/c1-26-23-14-19-4-2-3-5-21(19)22(23)15-20(29)16-27-24(30)17-6-8-18(9-7-17)25(31)28-10-12-32-13-11-28/h2-9,20,22-23,26,29H,10-16H2,1H3,(H,27,30)/t20-,22?,23?/m1/s1. The number of benzene rings is 2. The van der Waals surface area contributed by atoms with Crippen molar-refractivity contribution in [3.8, 4) is 0 Å². The topological polar surface area (TPSA) is 90.9 Å². The van der Waals surface area contributed by atoms with Crippen LogP contribution in [0.5, 0.6) is 0 Å². The first-order valence-corrected chi connectivity index (χ1v) is 11.2. The van der Waals surface area contributed by atoms with Crippen molar-refractivity contribution in [1.82, 2.24) is 15.5 Å². The van der Waals surface area contributed by atoms with E-state index in [1.165, 1.54) is 11.1 Å². The molecule has 1 fully saturated rings. The third-order valence-electron chi connectivity index (χ3n) is 6.47. The highest BCUT2D eigenvalue weighted by Crippen LogP contribution is 2.36. The minimum absolute atomic E-state index is 0.0494. The Kier molecular flexibility index (Phi) is 7.19. The van der Waals surface area contributed by atoms with Gasteiger partial charge in [-0.1, -0.05) is 24.3 Å². The summed E-state index contributed by atoms with van der Waals surface area (Å²) in [5, 5.41) is 16.8. The highest BCUT2D eigenvalue weighted by atomic mass is 16.5. The van der Waals surface area contributed by atoms with Gasteiger partial charge in [-0.3, -0.25) is 9.59 Å². The van der Waals surface area contributed by atoms with Crippen molar-refractivity contribution >= 4 is 11.8 Å². The molecule has 7 heteroatoms. The van der Waals surface area contributed by atoms with Gasteiger partial charge in [0.1, 0.15) is 0 Å². The molecule has 0 aromatic heterocycles. The monoisotopic (exact) mass is 437 g/mol. The van der Waals surface area contributed by atoms with Crippen molar-refractivity contribution < 1.29 is 19.4 Å². The molecule has 170 valence electrons. The molecule has 2 unspecified atom stereocenters. The quantitative estimate of drug-likeness (QED) is 0.612. The molecule has 1 aliphatic carbocycles. The van der Waals surface area contributed by atoms with E-state index in [0.717, 1.165) is 6.42 Å². The van der Waals surface area contributed by atoms with E-state index in [0.29, 0.717) is 43.9 Å². The number of amides is 2. The second-order valence-corrected chi connectivity index (χ2v) is 8.49. The van der Waals surface area contributed by atoms with Crippen molar-refractivity contribution in [2.24, 2.45) is 0 Å². The number of morpholine rings is 1. The molecule has 3 N–H and O–H groups in total. The first-order valence-electron chi connectivity index (χ1n) is 11.2. The van der Waals surface area contributed by atoms with Gasteiger partial charge in [0.05, 0.1) is 19.3 Å². The number of nitrogens with one attached hydrogen (secondary N) is 2. The lowest BCUT2D eigenvalue weighted by molar-refractivity contribution is 0.0303. The Morgan fingerprint density at radius 2 is 1.78 bits per heavy atom. The third kappa shape index (κ3) is 5.01. The average molecular weight is 438 g/mol. The van der Waals surface area contributed by atoms with Crippen LogP contribution in [0.3, 0.4) is 0 Å². The maximum absolute atomic E-state index is 12.5. The molecule has 2 amide bonds. The van der Waals surface area contributed by atoms with E-state index < -0.39 is 6.10 Å². The number of hydrogen-bond acceptors (Lipinski definition) is 5. The highest BCUT2D eigenvalue weighted by molar-refractivity contribution is 5.97. The average Bonchev–Trinajstić information content (AvgIpc) is 3.20. The van der Waals surface area contributed by atoms with Gasteiger partial charge in [-0.05, 0) is 55.3 Å². The second kappa shape index (κ2) is 10.3. The number of aliphatic hydroxyl groups excluding tert-OH is 1. The molecule has 2 aliphatic rings. The van der Waals surface area contributed by atoms with E-state index in [1.54, 1.807) is 29.2 Å². The van der Waals surface area contributed by atoms with Gasteiger partial charge in [-0.2, -0.15) is 0 Å². The summed E-state index contributed by atoms with van der Waals surface area (Å²) in [7, 11) is 1.95. The van der Waals surface area contributed by atoms with Crippen molar-refractivity contribution in [3.05, 3.63) is 70.8 Å². The maximum Gasteiger partial charge on any atom is 0.254 e. The van der Waals surface area contributed by atoms with Crippen LogP contribution in [-0.2, 0) is 11.2 Å². The van der Waals surface area contributed by atoms with Crippen LogP contribution in [0, 0.1) is 0 Å². The summed E-state index contributed by atoms with van der Waals surface area (Å²) in [6.45, 7) is 2.45. The number of fused-ring (bicyclic) bond motifs is 1. The van der Waals surface area contributed by atoms with Gasteiger partial charge < -0.3 is 25.4 Å². The first kappa shape index (κ1) is 22.5. The lowest BCUT2D eigenvalue weighted by Gasteiger charge is -2.26. The molecule has 0 radical (unpaired) electrons. The number of carbonyl (C=O) groups is 2. The van der Waals surface area contributed by atoms with Gasteiger partial charge in [-0.15, -0.1) is 0 Å². The Morgan fingerprint density at radius 3 is 2.50 bits per heavy atom. The van der Waals surface area contributed by atoms with E-state index in [9.17, 15) is 14.7 Å². The predicted molar refractivity (Wildman–Crippen MR) is 122 cm³/mol. The Morgan fingerprint density at radius 1 is 1.09 bits per heavy atom. The summed E-state index contributed by atoms with van der Waals surface area (Å²) >= 11 is 0. The van der Waals surface area contributed by atoms with E-state index in [1.807, 2.05) is 19.2 Å². The smallest absolute Gasteiger partial charge is 0.254 e. The normalized spacial score (nSPS) is 21.1. The first-order chi connectivity index (χ1) is 15.6. The summed E-state index contributed by atoms with van der Waals surface area (Å²) in [5.41, 5.74) is 3.62. The van der Waals surface area contributed by atoms with Gasteiger partial charge in [0.2, 0.25) is 0 Å². The van der Waals surface area contributed by atoms with Gasteiger partial charge in [0.25, 0.3) is 11.8 Å². The fraction of sp³-hybridized carbons (Fsp3) is 0.440. The van der Waals surface area contributed by atoms with E-state index in [2.05, 4.69) is 22.8 Å². The fourth-order valence-corrected chi connectivity index (χ4v) is 4.67. The summed E-state index contributed by atoms with van der Waals surface area (Å²) in [6.07, 6.45) is 0.884. The predicted octanol–water partition coefficient (Wildman–Crippen LogP) is 1.57. The van der Waals surface area contributed by atoms with Gasteiger partial charge in [0, 0.05) is 42.7 Å². The SMILES string of the molecule is CNC1Cc2ccccc2C1C[C@@H](O)CNC(=O)c1ccc(C(=O)N2CCOCC2)cc1. The molecule has 1 heterocycles. The van der Waals surface area contributed by atoms with Crippen LogP contribution in [0.25, 0.3) is 0 Å². The molecule has 4 rings (SSSR count). The Bertz CT molecular complexity index is 940. The third-order valence-corrected chi connectivity index (χ3v) is 6.47. The molecule has 1 aliphatic heterocycles. The van der Waals surface area contributed by atoms with Gasteiger partial charge in [-0.25, -0.2) is 0 Å². The maximum atomic E-state index is 12.5. The number of likely N-dealkylation sites (N-methyl/N-ethyl adjacent to an activating group) is 1. The molecular formula is C25H31N3O4. The summed E-state index contributed by atoms with van der Waals surface area (Å²) < 4.78 is 5.28. The molecule has 1 saturated heterocycles. The molecule has 0 saturated carbocycles. The summed E-state index contributed by atoms with van der Waals surface area (Å²) in [5.74, 6) is -0.0911. The largest absolute Gasteiger partial charge is 0.391 e. The molecule has 2 aromatic carbocycles. The van der Waals surface area contributed by atoms with Crippen molar-refractivity contribution in [1.29, 1.82) is 0 Å². The molecule has 3 atom stereocenters. The van der Waals surface area contributed by atoms with Crippen LogP contribution < -0.4 is 10.6 Å². The van der Waals surface area contributed by atoms with Crippen LogP contribution in [0.2, 0.25) is 0 Å². The van der Waals surface area contributed by atoms with Crippen LogP contribution in [0.15, 0.2) is 48.5 Å². The summed E-state index contributed by atoms with van der Waals surface area (Å²) in [6, 6.07) is 15.3. The number of rotatable bonds is 7. The number of hydrogen-bond donors (Lipinski definition) is 3. The highest BCUT2D eigenvalue weighted by Gasteiger charge is 2.32. The van der Waals surface area contributed by atoms with Gasteiger partial charge in [0.15, 0.2) is 0 Å². The van der Waals surface area contributed by atoms with Crippen molar-refractivity contribution in [2.75, 3.05) is 39.9 Å². The Labute approximate surface area is 188 Å². The zero-order valence-corrected chi connectivity index (χ0v) is 18.4. The molecule has 2 aromatic rings. The number of nitrogens with zero attached hydrogens (tertiary/aromatic N) is 1. The molecule has 32 heavy (non-hydrogen) atoms. The number of aliphatic hydroxyl groups is 1. The Hall–Kier alpha value is -2.74. The number of carbonyl (C=O) groups excluding carboxylic acids is 2. The zero-order valence-electron chi connectivity index (χ0n) is 18.4. The van der Waals surface area contributed by atoms with E-state index in [-0.39, 0.29) is 30.3 Å². The lowest BCUT2D eigenvalue weighted by Crippen LogP contribution is -2.40. The fourth-order valence-electron chi connectivity index (χ4n) is 4.67. The van der Waals surface area contributed by atoms with Crippen LogP contribution in [-0.4, -0.2) is 73.9 Å². The van der Waals surface area contributed by atoms with Crippen molar-refractivity contribution in [3.63, 3.8) is 0 Å². The molecule has 0 spiro atoms. The second-order valence-electron chi connectivity index (χ2n) is 8.49. The van der Waals surface area contributed by atoms with Crippen molar-refractivity contribution in [2.45, 2.75) is 30.9 Å². The minimum atomic E-state index is -0.645. The Balaban J connectivity index is 1.30. The summed E-state index contributed by atoms with van der Waals surface area (Å²) in [4.78, 5) is 26.8. The van der Waals surface area contributed by atoms with Crippen LogP contribution >= 0.6 is 0 Å². The molecule has 7 nitrogen and oxygen atoms in total. The lowest BCUT2D eigenvalue weighted by atomic mass is 9.92. The molecular weight excluding hydrogens is 406 g/mol. The number of ether oxygens (including phenoxy) is 1. The van der Waals surface area contributed by atoms with E-state index >= 15 is 0 Å². The molecule has 0 bridgehead atoms. The van der Waals surface area contributed by atoms with E-state index in [4.69, 9.17) is 4.74 Å².